The van der Waals surface area contributed by atoms with Crippen LogP contribution in [0.4, 0.5) is 4.39 Å². The molecule has 7 heteroatoms. The highest BCUT2D eigenvalue weighted by molar-refractivity contribution is 5.94. The molecule has 25 heavy (non-hydrogen) atoms. The van der Waals surface area contributed by atoms with E-state index >= 15 is 0 Å². The molecule has 2 rings (SSSR count). The van der Waals surface area contributed by atoms with Crippen LogP contribution >= 0.6 is 0 Å². The van der Waals surface area contributed by atoms with Gasteiger partial charge in [-0.1, -0.05) is 19.0 Å². The van der Waals surface area contributed by atoms with Gasteiger partial charge < -0.3 is 14.7 Å². The molecular formula is C18H22FN3O3. The first kappa shape index (κ1) is 18.6. The van der Waals surface area contributed by atoms with E-state index in [4.69, 9.17) is 4.52 Å². The first-order chi connectivity index (χ1) is 11.9. The Balaban J connectivity index is 1.77. The van der Waals surface area contributed by atoms with Crippen molar-refractivity contribution in [1.29, 1.82) is 0 Å². The third-order valence-electron chi connectivity index (χ3n) is 3.72. The molecule has 0 saturated carbocycles. The lowest BCUT2D eigenvalue weighted by Gasteiger charge is -2.15. The van der Waals surface area contributed by atoms with Gasteiger partial charge in [-0.15, -0.1) is 0 Å². The van der Waals surface area contributed by atoms with Crippen LogP contribution in [-0.2, 0) is 11.3 Å². The predicted molar refractivity (Wildman–Crippen MR) is 90.4 cm³/mol. The third kappa shape index (κ3) is 5.41. The van der Waals surface area contributed by atoms with Crippen molar-refractivity contribution in [3.05, 3.63) is 53.2 Å². The molecule has 0 unspecified atom stereocenters. The highest BCUT2D eigenvalue weighted by Crippen LogP contribution is 2.15. The lowest BCUT2D eigenvalue weighted by molar-refractivity contribution is -0.130. The van der Waals surface area contributed by atoms with Gasteiger partial charge in [0.25, 0.3) is 5.91 Å². The third-order valence-corrected chi connectivity index (χ3v) is 3.72. The number of nitrogens with one attached hydrogen (secondary N) is 1. The number of nitrogens with zero attached hydrogens (tertiary/aromatic N) is 2. The van der Waals surface area contributed by atoms with Crippen LogP contribution in [-0.4, -0.2) is 35.5 Å². The molecule has 0 aliphatic carbocycles. The zero-order chi connectivity index (χ0) is 18.4. The fraction of sp³-hybridized carbons (Fsp3) is 0.389. The van der Waals surface area contributed by atoms with Crippen molar-refractivity contribution < 1.29 is 18.5 Å². The SMILES string of the molecule is CC(C)c1cc(CN(C)C(=O)CCNC(=O)c2ccc(F)cc2)on1. The van der Waals surface area contributed by atoms with Gasteiger partial charge >= 0.3 is 0 Å². The molecule has 1 aromatic heterocycles. The first-order valence-electron chi connectivity index (χ1n) is 8.10. The Bertz CT molecular complexity index is 725. The molecule has 0 radical (unpaired) electrons. The molecule has 0 aliphatic heterocycles. The first-order valence-corrected chi connectivity index (χ1v) is 8.10. The van der Waals surface area contributed by atoms with Crippen molar-refractivity contribution in [3.63, 3.8) is 0 Å². The molecule has 1 N–H and O–H groups in total. The molecule has 2 aromatic rings. The molecule has 0 atom stereocenters. The van der Waals surface area contributed by atoms with Gasteiger partial charge in [0, 0.05) is 31.6 Å². The zero-order valence-corrected chi connectivity index (χ0v) is 14.6. The number of halogens is 1. The number of hydrogen-bond donors (Lipinski definition) is 1. The summed E-state index contributed by atoms with van der Waals surface area (Å²) in [4.78, 5) is 25.5. The maximum absolute atomic E-state index is 12.8. The molecule has 1 heterocycles. The van der Waals surface area contributed by atoms with E-state index in [2.05, 4.69) is 10.5 Å². The monoisotopic (exact) mass is 347 g/mol. The summed E-state index contributed by atoms with van der Waals surface area (Å²) in [5, 5.41) is 6.60. The van der Waals surface area contributed by atoms with Crippen molar-refractivity contribution in [2.45, 2.75) is 32.7 Å². The summed E-state index contributed by atoms with van der Waals surface area (Å²) in [6, 6.07) is 7.07. The molecule has 0 fully saturated rings. The Morgan fingerprint density at radius 1 is 1.28 bits per heavy atom. The highest BCUT2D eigenvalue weighted by atomic mass is 19.1. The van der Waals surface area contributed by atoms with E-state index in [0.29, 0.717) is 17.9 Å². The number of carbonyl (C=O) groups is 2. The summed E-state index contributed by atoms with van der Waals surface area (Å²) >= 11 is 0. The minimum atomic E-state index is -0.401. The minimum Gasteiger partial charge on any atom is -0.359 e. The van der Waals surface area contributed by atoms with Crippen molar-refractivity contribution in [1.82, 2.24) is 15.4 Å². The maximum Gasteiger partial charge on any atom is 0.251 e. The largest absolute Gasteiger partial charge is 0.359 e. The van der Waals surface area contributed by atoms with E-state index in [1.165, 1.54) is 29.2 Å². The molecule has 1 aromatic carbocycles. The average molecular weight is 347 g/mol. The standard InChI is InChI=1S/C18H22FN3O3/c1-12(2)16-10-15(25-21-16)11-22(3)17(23)8-9-20-18(24)13-4-6-14(19)7-5-13/h4-7,10,12H,8-9,11H2,1-3H3,(H,20,24). The van der Waals surface area contributed by atoms with Crippen molar-refractivity contribution in [2.75, 3.05) is 13.6 Å². The van der Waals surface area contributed by atoms with Crippen molar-refractivity contribution >= 4 is 11.8 Å². The number of benzene rings is 1. The normalized spacial score (nSPS) is 10.8. The summed E-state index contributed by atoms with van der Waals surface area (Å²) in [6.45, 7) is 4.55. The van der Waals surface area contributed by atoms with E-state index in [0.717, 1.165) is 5.69 Å². The van der Waals surface area contributed by atoms with E-state index in [9.17, 15) is 14.0 Å². The fourth-order valence-electron chi connectivity index (χ4n) is 2.17. The molecule has 6 nitrogen and oxygen atoms in total. The van der Waals surface area contributed by atoms with E-state index < -0.39 is 5.82 Å². The molecule has 0 saturated heterocycles. The lowest BCUT2D eigenvalue weighted by Crippen LogP contribution is -2.31. The molecular weight excluding hydrogens is 325 g/mol. The van der Waals surface area contributed by atoms with Crippen LogP contribution in [0.15, 0.2) is 34.9 Å². The smallest absolute Gasteiger partial charge is 0.251 e. The molecule has 2 amide bonds. The van der Waals surface area contributed by atoms with Crippen LogP contribution in [0.2, 0.25) is 0 Å². The minimum absolute atomic E-state index is 0.123. The second kappa shape index (κ2) is 8.41. The van der Waals surface area contributed by atoms with Crippen LogP contribution in [0, 0.1) is 5.82 Å². The van der Waals surface area contributed by atoms with E-state index in [-0.39, 0.29) is 30.7 Å². The summed E-state index contributed by atoms with van der Waals surface area (Å²) in [6.07, 6.45) is 0.161. The topological polar surface area (TPSA) is 75.4 Å². The van der Waals surface area contributed by atoms with Crippen LogP contribution in [0.25, 0.3) is 0 Å². The van der Waals surface area contributed by atoms with Crippen LogP contribution in [0.5, 0.6) is 0 Å². The van der Waals surface area contributed by atoms with Gasteiger partial charge in [-0.25, -0.2) is 4.39 Å². The Kier molecular flexibility index (Phi) is 6.27. The van der Waals surface area contributed by atoms with Gasteiger partial charge in [0.2, 0.25) is 5.91 Å². The number of amides is 2. The highest BCUT2D eigenvalue weighted by Gasteiger charge is 2.14. The molecule has 134 valence electrons. The number of carbonyl (C=O) groups excluding carboxylic acids is 2. The average Bonchev–Trinajstić information content (AvgIpc) is 3.04. The molecule has 0 aliphatic rings. The summed E-state index contributed by atoms with van der Waals surface area (Å²) in [5.74, 6) is 0.0191. The van der Waals surface area contributed by atoms with Gasteiger partial charge in [0.05, 0.1) is 12.2 Å². The number of aromatic nitrogens is 1. The van der Waals surface area contributed by atoms with Gasteiger partial charge in [-0.2, -0.15) is 0 Å². The van der Waals surface area contributed by atoms with Gasteiger partial charge in [0.1, 0.15) is 5.82 Å². The summed E-state index contributed by atoms with van der Waals surface area (Å²) in [7, 11) is 1.67. The van der Waals surface area contributed by atoms with Crippen LogP contribution < -0.4 is 5.32 Å². The summed E-state index contributed by atoms with van der Waals surface area (Å²) in [5.41, 5.74) is 1.20. The molecule has 0 spiro atoms. The van der Waals surface area contributed by atoms with Crippen molar-refractivity contribution in [2.24, 2.45) is 0 Å². The van der Waals surface area contributed by atoms with Gasteiger partial charge in [-0.05, 0) is 30.2 Å². The van der Waals surface area contributed by atoms with E-state index in [1.54, 1.807) is 7.05 Å². The van der Waals surface area contributed by atoms with Crippen LogP contribution in [0.3, 0.4) is 0 Å². The number of rotatable bonds is 7. The molecule has 0 bridgehead atoms. The number of hydrogen-bond acceptors (Lipinski definition) is 4. The Morgan fingerprint density at radius 3 is 2.56 bits per heavy atom. The fourth-order valence-corrected chi connectivity index (χ4v) is 2.17. The van der Waals surface area contributed by atoms with E-state index in [1.807, 2.05) is 19.9 Å². The Labute approximate surface area is 146 Å². The Hall–Kier alpha value is -2.70. The van der Waals surface area contributed by atoms with Gasteiger partial charge in [-0.3, -0.25) is 9.59 Å². The predicted octanol–water partition coefficient (Wildman–Crippen LogP) is 2.72. The van der Waals surface area contributed by atoms with Gasteiger partial charge in [0.15, 0.2) is 5.76 Å². The Morgan fingerprint density at radius 2 is 1.96 bits per heavy atom. The quantitative estimate of drug-likeness (QED) is 0.836. The zero-order valence-electron chi connectivity index (χ0n) is 14.6. The second-order valence-corrected chi connectivity index (χ2v) is 6.14. The van der Waals surface area contributed by atoms with Crippen molar-refractivity contribution in [3.8, 4) is 0 Å². The maximum atomic E-state index is 12.8. The van der Waals surface area contributed by atoms with Crippen LogP contribution in [0.1, 0.15) is 48.0 Å². The second-order valence-electron chi connectivity index (χ2n) is 6.14. The lowest BCUT2D eigenvalue weighted by atomic mass is 10.1. The summed E-state index contributed by atoms with van der Waals surface area (Å²) < 4.78 is 18.0.